The number of hydrogen-bond donors (Lipinski definition) is 1. The lowest BCUT2D eigenvalue weighted by Crippen LogP contribution is -2.43. The highest BCUT2D eigenvalue weighted by Crippen LogP contribution is 2.23. The van der Waals surface area contributed by atoms with Crippen LogP contribution >= 0.6 is 0 Å². The van der Waals surface area contributed by atoms with E-state index in [2.05, 4.69) is 6.92 Å². The first-order valence-electron chi connectivity index (χ1n) is 7.17. The molecule has 1 aliphatic heterocycles. The van der Waals surface area contributed by atoms with E-state index in [0.29, 0.717) is 24.7 Å². The minimum atomic E-state index is -0.722. The van der Waals surface area contributed by atoms with Gasteiger partial charge in [-0.25, -0.2) is 0 Å². The molecule has 0 bridgehead atoms. The molecule has 1 unspecified atom stereocenters. The number of nitrogens with zero attached hydrogens (tertiary/aromatic N) is 3. The molecule has 0 aliphatic carbocycles. The number of primary amides is 1. The van der Waals surface area contributed by atoms with E-state index in [1.54, 1.807) is 27.8 Å². The zero-order valence-corrected chi connectivity index (χ0v) is 12.2. The molecule has 0 radical (unpaired) electrons. The van der Waals surface area contributed by atoms with Gasteiger partial charge in [0, 0.05) is 19.3 Å². The minimum absolute atomic E-state index is 0.0890. The topological polar surface area (TPSA) is 92.1 Å². The van der Waals surface area contributed by atoms with Gasteiger partial charge in [-0.1, -0.05) is 6.92 Å². The number of nitriles is 1. The van der Waals surface area contributed by atoms with Crippen molar-refractivity contribution in [1.82, 2.24) is 9.47 Å². The fraction of sp³-hybridized carbons (Fsp3) is 0.533. The molecular formula is C15H20N4O2. The minimum Gasteiger partial charge on any atom is -0.370 e. The lowest BCUT2D eigenvalue weighted by Gasteiger charge is -2.33. The van der Waals surface area contributed by atoms with E-state index >= 15 is 0 Å². The van der Waals surface area contributed by atoms with Crippen molar-refractivity contribution >= 4 is 11.8 Å². The van der Waals surface area contributed by atoms with Gasteiger partial charge in [-0.3, -0.25) is 9.59 Å². The maximum Gasteiger partial charge on any atom is 0.246 e. The maximum atomic E-state index is 12.7. The monoisotopic (exact) mass is 288 g/mol. The number of rotatable bonds is 4. The molecule has 1 fully saturated rings. The van der Waals surface area contributed by atoms with E-state index < -0.39 is 11.9 Å². The van der Waals surface area contributed by atoms with Crippen LogP contribution in [0.2, 0.25) is 0 Å². The Balaban J connectivity index is 2.22. The molecule has 0 aromatic carbocycles. The van der Waals surface area contributed by atoms with Crippen LogP contribution in [0.5, 0.6) is 0 Å². The Morgan fingerprint density at radius 3 is 2.71 bits per heavy atom. The van der Waals surface area contributed by atoms with Crippen LogP contribution in [0, 0.1) is 17.2 Å². The summed E-state index contributed by atoms with van der Waals surface area (Å²) in [5.41, 5.74) is 5.64. The van der Waals surface area contributed by atoms with E-state index in [-0.39, 0.29) is 12.3 Å². The van der Waals surface area contributed by atoms with E-state index in [1.165, 1.54) is 0 Å². The first-order chi connectivity index (χ1) is 10.0. The van der Waals surface area contributed by atoms with E-state index in [9.17, 15) is 9.59 Å². The van der Waals surface area contributed by atoms with Gasteiger partial charge in [0.2, 0.25) is 11.8 Å². The van der Waals surface area contributed by atoms with E-state index in [0.717, 1.165) is 12.8 Å². The second-order valence-electron chi connectivity index (χ2n) is 5.61. The van der Waals surface area contributed by atoms with Crippen LogP contribution in [0.15, 0.2) is 18.3 Å². The van der Waals surface area contributed by atoms with Crippen LogP contribution in [0.25, 0.3) is 0 Å². The summed E-state index contributed by atoms with van der Waals surface area (Å²) in [5, 5.41) is 9.11. The summed E-state index contributed by atoms with van der Waals surface area (Å²) in [6.45, 7) is 3.55. The van der Waals surface area contributed by atoms with Gasteiger partial charge in [0.15, 0.2) is 0 Å². The molecule has 21 heavy (non-hydrogen) atoms. The average Bonchev–Trinajstić information content (AvgIpc) is 2.93. The first kappa shape index (κ1) is 15.1. The quantitative estimate of drug-likeness (QED) is 0.897. The van der Waals surface area contributed by atoms with Crippen LogP contribution in [-0.2, 0) is 9.59 Å². The second kappa shape index (κ2) is 6.44. The molecule has 1 aromatic heterocycles. The fourth-order valence-electron chi connectivity index (χ4n) is 2.69. The molecule has 2 amide bonds. The lowest BCUT2D eigenvalue weighted by atomic mass is 9.98. The third-order valence-corrected chi connectivity index (χ3v) is 4.00. The van der Waals surface area contributed by atoms with Crippen LogP contribution in [0.4, 0.5) is 0 Å². The average molecular weight is 288 g/mol. The molecule has 2 N–H and O–H groups in total. The van der Waals surface area contributed by atoms with Crippen LogP contribution in [-0.4, -0.2) is 34.4 Å². The van der Waals surface area contributed by atoms with Crippen molar-refractivity contribution in [3.05, 3.63) is 24.0 Å². The van der Waals surface area contributed by atoms with Crippen molar-refractivity contribution in [2.75, 3.05) is 13.1 Å². The lowest BCUT2D eigenvalue weighted by molar-refractivity contribution is -0.138. The number of amides is 2. The van der Waals surface area contributed by atoms with Crippen molar-refractivity contribution in [1.29, 1.82) is 5.26 Å². The van der Waals surface area contributed by atoms with Gasteiger partial charge in [-0.2, -0.15) is 5.26 Å². The van der Waals surface area contributed by atoms with Gasteiger partial charge in [-0.05, 0) is 30.9 Å². The van der Waals surface area contributed by atoms with Crippen molar-refractivity contribution in [3.63, 3.8) is 0 Å². The van der Waals surface area contributed by atoms with Crippen molar-refractivity contribution in [2.45, 2.75) is 32.2 Å². The summed E-state index contributed by atoms with van der Waals surface area (Å²) in [7, 11) is 0. The summed E-state index contributed by atoms with van der Waals surface area (Å²) < 4.78 is 1.55. The Labute approximate surface area is 124 Å². The number of hydrogen-bond acceptors (Lipinski definition) is 3. The zero-order valence-electron chi connectivity index (χ0n) is 12.2. The van der Waals surface area contributed by atoms with Gasteiger partial charge in [0.05, 0.1) is 6.42 Å². The number of carbonyl (C=O) groups is 2. The van der Waals surface area contributed by atoms with Gasteiger partial charge < -0.3 is 15.2 Å². The SMILES string of the molecule is CC1CCN(C(=O)C(CC(N)=O)n2cccc2C#N)CC1. The van der Waals surface area contributed by atoms with Crippen molar-refractivity contribution < 1.29 is 9.59 Å². The fourth-order valence-corrected chi connectivity index (χ4v) is 2.69. The maximum absolute atomic E-state index is 12.7. The Bertz CT molecular complexity index is 564. The Kier molecular flexibility index (Phi) is 4.63. The summed E-state index contributed by atoms with van der Waals surface area (Å²) in [6, 6.07) is 4.63. The van der Waals surface area contributed by atoms with Crippen LogP contribution in [0.3, 0.4) is 0 Å². The third-order valence-electron chi connectivity index (χ3n) is 4.00. The van der Waals surface area contributed by atoms with Crippen molar-refractivity contribution in [3.8, 4) is 6.07 Å². The Morgan fingerprint density at radius 2 is 2.14 bits per heavy atom. The molecule has 1 aliphatic rings. The number of carbonyl (C=O) groups excluding carboxylic acids is 2. The molecule has 1 aromatic rings. The van der Waals surface area contributed by atoms with Gasteiger partial charge >= 0.3 is 0 Å². The zero-order chi connectivity index (χ0) is 15.4. The second-order valence-corrected chi connectivity index (χ2v) is 5.61. The van der Waals surface area contributed by atoms with Crippen molar-refractivity contribution in [2.24, 2.45) is 11.7 Å². The highest BCUT2D eigenvalue weighted by Gasteiger charge is 2.30. The standard InChI is InChI=1S/C15H20N4O2/c1-11-4-7-18(8-5-11)15(21)13(9-14(17)20)19-6-2-3-12(19)10-16/h2-3,6,11,13H,4-5,7-9H2,1H3,(H2,17,20). The largest absolute Gasteiger partial charge is 0.370 e. The third kappa shape index (κ3) is 3.43. The van der Waals surface area contributed by atoms with Crippen LogP contribution in [0.1, 0.15) is 37.9 Å². The molecule has 112 valence electrons. The highest BCUT2D eigenvalue weighted by molar-refractivity contribution is 5.86. The Hall–Kier alpha value is -2.29. The number of piperidine rings is 1. The van der Waals surface area contributed by atoms with Gasteiger partial charge in [-0.15, -0.1) is 0 Å². The van der Waals surface area contributed by atoms with E-state index in [1.807, 2.05) is 6.07 Å². The molecule has 2 rings (SSSR count). The molecule has 0 spiro atoms. The van der Waals surface area contributed by atoms with Gasteiger partial charge in [0.25, 0.3) is 0 Å². The molecule has 1 saturated heterocycles. The molecular weight excluding hydrogens is 268 g/mol. The molecule has 1 atom stereocenters. The summed E-state index contributed by atoms with van der Waals surface area (Å²) in [6.07, 6.45) is 3.49. The van der Waals surface area contributed by atoms with E-state index in [4.69, 9.17) is 11.0 Å². The molecule has 6 heteroatoms. The summed E-state index contributed by atoms with van der Waals surface area (Å²) in [4.78, 5) is 25.8. The van der Waals surface area contributed by atoms with Crippen LogP contribution < -0.4 is 5.73 Å². The predicted molar refractivity (Wildman–Crippen MR) is 77.0 cm³/mol. The van der Waals surface area contributed by atoms with Gasteiger partial charge in [0.1, 0.15) is 17.8 Å². The predicted octanol–water partition coefficient (Wildman–Crippen LogP) is 1.03. The molecule has 2 heterocycles. The number of likely N-dealkylation sites (tertiary alicyclic amines) is 1. The summed E-state index contributed by atoms with van der Waals surface area (Å²) in [5.74, 6) is -0.0606. The molecule has 6 nitrogen and oxygen atoms in total. The Morgan fingerprint density at radius 1 is 1.48 bits per heavy atom. The highest BCUT2D eigenvalue weighted by atomic mass is 16.2. The smallest absolute Gasteiger partial charge is 0.246 e. The molecule has 0 saturated carbocycles. The number of aromatic nitrogens is 1. The first-order valence-corrected chi connectivity index (χ1v) is 7.17. The normalized spacial score (nSPS) is 17.2. The number of nitrogens with two attached hydrogens (primary N) is 1. The summed E-state index contributed by atoms with van der Waals surface area (Å²) >= 11 is 0.